The number of nitrogens with one attached hydrogen (secondary N) is 1. The molecule has 5 heteroatoms. The van der Waals surface area contributed by atoms with Gasteiger partial charge in [0.2, 0.25) is 5.71 Å². The Balaban J connectivity index is 1.74. The lowest BCUT2D eigenvalue weighted by atomic mass is 10.2. The van der Waals surface area contributed by atoms with Gasteiger partial charge in [0, 0.05) is 6.04 Å². The van der Waals surface area contributed by atoms with E-state index in [4.69, 9.17) is 4.42 Å². The molecule has 1 fully saturated rings. The smallest absolute Gasteiger partial charge is 0.257 e. The van der Waals surface area contributed by atoms with Crippen molar-refractivity contribution in [3.8, 4) is 0 Å². The molecular formula is C16H15N3O2. The van der Waals surface area contributed by atoms with Gasteiger partial charge in [-0.05, 0) is 25.0 Å². The van der Waals surface area contributed by atoms with Crippen molar-refractivity contribution >= 4 is 28.2 Å². The molecule has 0 atom stereocenters. The Morgan fingerprint density at radius 2 is 1.86 bits per heavy atom. The van der Waals surface area contributed by atoms with Gasteiger partial charge < -0.3 is 9.73 Å². The van der Waals surface area contributed by atoms with Gasteiger partial charge in [0.1, 0.15) is 17.3 Å². The minimum absolute atomic E-state index is 0.120. The maximum atomic E-state index is 12.4. The van der Waals surface area contributed by atoms with Crippen LogP contribution < -0.4 is 5.32 Å². The zero-order chi connectivity index (χ0) is 14.2. The zero-order valence-corrected chi connectivity index (χ0v) is 11.5. The van der Waals surface area contributed by atoms with Gasteiger partial charge in [0.25, 0.3) is 5.91 Å². The van der Waals surface area contributed by atoms with Crippen LogP contribution in [-0.2, 0) is 0 Å². The van der Waals surface area contributed by atoms with Crippen LogP contribution in [0.2, 0.25) is 0 Å². The number of hydrogen-bond acceptors (Lipinski definition) is 4. The van der Waals surface area contributed by atoms with E-state index in [1.54, 1.807) is 0 Å². The van der Waals surface area contributed by atoms with Gasteiger partial charge in [0.05, 0.1) is 11.0 Å². The van der Waals surface area contributed by atoms with Crippen LogP contribution in [0.5, 0.6) is 0 Å². The predicted octanol–water partition coefficient (Wildman–Crippen LogP) is 3.05. The summed E-state index contributed by atoms with van der Waals surface area (Å²) in [5.74, 6) is -0.120. The van der Waals surface area contributed by atoms with Gasteiger partial charge in [-0.3, -0.25) is 4.79 Å². The molecular weight excluding hydrogens is 266 g/mol. The van der Waals surface area contributed by atoms with Crippen LogP contribution >= 0.6 is 0 Å². The fourth-order valence-electron chi connectivity index (χ4n) is 2.91. The first-order valence-corrected chi connectivity index (χ1v) is 7.26. The first-order chi connectivity index (χ1) is 10.3. The Kier molecular flexibility index (Phi) is 2.84. The maximum absolute atomic E-state index is 12.4. The first-order valence-electron chi connectivity index (χ1n) is 7.26. The van der Waals surface area contributed by atoms with Crippen LogP contribution in [-0.4, -0.2) is 21.9 Å². The molecule has 1 aromatic carbocycles. The maximum Gasteiger partial charge on any atom is 0.257 e. The highest BCUT2D eigenvalue weighted by Crippen LogP contribution is 2.22. The minimum Gasteiger partial charge on any atom is -0.444 e. The molecule has 1 aliphatic carbocycles. The van der Waals surface area contributed by atoms with Crippen LogP contribution in [0.1, 0.15) is 36.0 Å². The molecule has 3 aromatic rings. The van der Waals surface area contributed by atoms with E-state index >= 15 is 0 Å². The third-order valence-electron chi connectivity index (χ3n) is 4.02. The minimum atomic E-state index is -0.120. The van der Waals surface area contributed by atoms with Crippen LogP contribution in [0, 0.1) is 0 Å². The Morgan fingerprint density at radius 3 is 2.62 bits per heavy atom. The molecule has 106 valence electrons. The Hall–Kier alpha value is -2.43. The standard InChI is InChI=1S/C16H15N3O2/c20-15(17-10-5-1-2-6-10)11-9-21-16-14(11)18-12-7-3-4-8-13(12)19-16/h3-4,7-10H,1-2,5-6H2,(H,17,20). The number of aromatic nitrogens is 2. The zero-order valence-electron chi connectivity index (χ0n) is 11.5. The van der Waals surface area contributed by atoms with Crippen molar-refractivity contribution in [2.75, 3.05) is 0 Å². The Morgan fingerprint density at radius 1 is 1.14 bits per heavy atom. The average molecular weight is 281 g/mol. The number of carbonyl (C=O) groups excluding carboxylic acids is 1. The van der Waals surface area contributed by atoms with Crippen molar-refractivity contribution in [1.29, 1.82) is 0 Å². The average Bonchev–Trinajstić information content (AvgIpc) is 3.13. The van der Waals surface area contributed by atoms with Gasteiger partial charge in [-0.1, -0.05) is 25.0 Å². The highest BCUT2D eigenvalue weighted by Gasteiger charge is 2.22. The van der Waals surface area contributed by atoms with Crippen molar-refractivity contribution in [2.24, 2.45) is 0 Å². The molecule has 2 heterocycles. The molecule has 0 bridgehead atoms. The van der Waals surface area contributed by atoms with E-state index in [1.807, 2.05) is 24.3 Å². The topological polar surface area (TPSA) is 68.0 Å². The monoisotopic (exact) mass is 281 g/mol. The van der Waals surface area contributed by atoms with Gasteiger partial charge in [-0.2, -0.15) is 0 Å². The van der Waals surface area contributed by atoms with Crippen molar-refractivity contribution in [2.45, 2.75) is 31.7 Å². The third-order valence-corrected chi connectivity index (χ3v) is 4.02. The number of carbonyl (C=O) groups is 1. The Labute approximate surface area is 121 Å². The van der Waals surface area contributed by atoms with Gasteiger partial charge in [0.15, 0.2) is 0 Å². The largest absolute Gasteiger partial charge is 0.444 e. The van der Waals surface area contributed by atoms with Crippen molar-refractivity contribution in [3.63, 3.8) is 0 Å². The summed E-state index contributed by atoms with van der Waals surface area (Å²) in [7, 11) is 0. The molecule has 1 N–H and O–H groups in total. The number of furan rings is 1. The normalized spacial score (nSPS) is 15.8. The van der Waals surface area contributed by atoms with E-state index in [9.17, 15) is 4.79 Å². The number of benzene rings is 1. The molecule has 4 rings (SSSR count). The molecule has 2 aromatic heterocycles. The molecule has 0 unspecified atom stereocenters. The van der Waals surface area contributed by atoms with E-state index in [0.717, 1.165) is 23.9 Å². The SMILES string of the molecule is O=C(NC1CCCC1)c1coc2nc3ccccc3nc12. The lowest BCUT2D eigenvalue weighted by Crippen LogP contribution is -2.32. The van der Waals surface area contributed by atoms with Crippen LogP contribution in [0.3, 0.4) is 0 Å². The molecule has 0 radical (unpaired) electrons. The van der Waals surface area contributed by atoms with Crippen molar-refractivity contribution in [3.05, 3.63) is 36.1 Å². The second-order valence-electron chi connectivity index (χ2n) is 5.47. The summed E-state index contributed by atoms with van der Waals surface area (Å²) >= 11 is 0. The molecule has 0 saturated heterocycles. The summed E-state index contributed by atoms with van der Waals surface area (Å²) in [5, 5.41) is 3.05. The molecule has 1 amide bonds. The summed E-state index contributed by atoms with van der Waals surface area (Å²) in [4.78, 5) is 21.3. The second kappa shape index (κ2) is 4.84. The van der Waals surface area contributed by atoms with E-state index in [0.29, 0.717) is 16.8 Å². The summed E-state index contributed by atoms with van der Waals surface area (Å²) in [6, 6.07) is 7.84. The number of amides is 1. The lowest BCUT2D eigenvalue weighted by Gasteiger charge is -2.10. The predicted molar refractivity (Wildman–Crippen MR) is 79.0 cm³/mol. The van der Waals surface area contributed by atoms with E-state index < -0.39 is 0 Å². The molecule has 21 heavy (non-hydrogen) atoms. The molecule has 0 aliphatic heterocycles. The van der Waals surface area contributed by atoms with E-state index in [2.05, 4.69) is 15.3 Å². The number of hydrogen-bond donors (Lipinski definition) is 1. The number of para-hydroxylation sites is 2. The van der Waals surface area contributed by atoms with Gasteiger partial charge in [-0.25, -0.2) is 9.97 Å². The number of nitrogens with zero attached hydrogens (tertiary/aromatic N) is 2. The van der Waals surface area contributed by atoms with Crippen molar-refractivity contribution in [1.82, 2.24) is 15.3 Å². The summed E-state index contributed by atoms with van der Waals surface area (Å²) in [6.45, 7) is 0. The fourth-order valence-corrected chi connectivity index (χ4v) is 2.91. The third kappa shape index (κ3) is 2.14. The van der Waals surface area contributed by atoms with E-state index in [1.165, 1.54) is 19.1 Å². The second-order valence-corrected chi connectivity index (χ2v) is 5.47. The molecule has 1 aliphatic rings. The quantitative estimate of drug-likeness (QED) is 0.784. The van der Waals surface area contributed by atoms with Gasteiger partial charge >= 0.3 is 0 Å². The lowest BCUT2D eigenvalue weighted by molar-refractivity contribution is 0.0938. The number of rotatable bonds is 2. The van der Waals surface area contributed by atoms with Crippen molar-refractivity contribution < 1.29 is 9.21 Å². The van der Waals surface area contributed by atoms with Crippen LogP contribution in [0.25, 0.3) is 22.3 Å². The summed E-state index contributed by atoms with van der Waals surface area (Å²) < 4.78 is 5.41. The van der Waals surface area contributed by atoms with E-state index in [-0.39, 0.29) is 11.9 Å². The van der Waals surface area contributed by atoms with Crippen LogP contribution in [0.15, 0.2) is 34.9 Å². The summed E-state index contributed by atoms with van der Waals surface area (Å²) in [6.07, 6.45) is 5.92. The molecule has 1 saturated carbocycles. The Bertz CT molecular complexity index is 819. The highest BCUT2D eigenvalue weighted by molar-refractivity contribution is 6.05. The summed E-state index contributed by atoms with van der Waals surface area (Å²) in [5.41, 5.74) is 2.94. The highest BCUT2D eigenvalue weighted by atomic mass is 16.3. The number of fused-ring (bicyclic) bond motifs is 2. The molecule has 5 nitrogen and oxygen atoms in total. The molecule has 0 spiro atoms. The van der Waals surface area contributed by atoms with Crippen LogP contribution in [0.4, 0.5) is 0 Å². The fraction of sp³-hybridized carbons (Fsp3) is 0.312. The first kappa shape index (κ1) is 12.3. The van der Waals surface area contributed by atoms with Gasteiger partial charge in [-0.15, -0.1) is 0 Å².